The highest BCUT2D eigenvalue weighted by atomic mass is 32.2. The van der Waals surface area contributed by atoms with Crippen LogP contribution in [-0.2, 0) is 6.42 Å². The monoisotopic (exact) mass is 231 g/mol. The molecule has 0 aliphatic rings. The van der Waals surface area contributed by atoms with Crippen molar-refractivity contribution in [3.63, 3.8) is 0 Å². The van der Waals surface area contributed by atoms with Crippen molar-refractivity contribution in [1.82, 2.24) is 9.36 Å². The van der Waals surface area contributed by atoms with Gasteiger partial charge in [-0.2, -0.15) is 16.1 Å². The summed E-state index contributed by atoms with van der Waals surface area (Å²) in [6.45, 7) is 5.30. The first-order valence-corrected chi connectivity index (χ1v) is 6.91. The highest BCUT2D eigenvalue weighted by molar-refractivity contribution is 7.99. The maximum absolute atomic E-state index is 4.34. The van der Waals surface area contributed by atoms with Gasteiger partial charge in [0.15, 0.2) is 0 Å². The summed E-state index contributed by atoms with van der Waals surface area (Å²) >= 11 is 3.35. The Morgan fingerprint density at radius 2 is 2.36 bits per heavy atom. The van der Waals surface area contributed by atoms with Gasteiger partial charge in [-0.3, -0.25) is 0 Å². The van der Waals surface area contributed by atoms with E-state index in [0.717, 1.165) is 23.9 Å². The van der Waals surface area contributed by atoms with Gasteiger partial charge in [0.05, 0.1) is 0 Å². The van der Waals surface area contributed by atoms with Crippen LogP contribution in [0.15, 0.2) is 0 Å². The van der Waals surface area contributed by atoms with Crippen molar-refractivity contribution < 1.29 is 0 Å². The van der Waals surface area contributed by atoms with E-state index >= 15 is 0 Å². The lowest BCUT2D eigenvalue weighted by molar-refractivity contribution is 0.851. The standard InChI is InChI=1S/C9H17N3S2/c1-4-8-11-9(14-12-8)10-6-5-7(2)13-3/h7H,4-6H2,1-3H3,(H,10,11,12). The summed E-state index contributed by atoms with van der Waals surface area (Å²) in [6, 6.07) is 0. The molecule has 0 aromatic carbocycles. The number of nitrogens with one attached hydrogen (secondary N) is 1. The number of thioether (sulfide) groups is 1. The molecule has 0 bridgehead atoms. The molecular formula is C9H17N3S2. The molecule has 1 atom stereocenters. The zero-order valence-electron chi connectivity index (χ0n) is 8.91. The smallest absolute Gasteiger partial charge is 0.202 e. The minimum atomic E-state index is 0.709. The number of aryl methyl sites for hydroxylation is 1. The molecule has 14 heavy (non-hydrogen) atoms. The summed E-state index contributed by atoms with van der Waals surface area (Å²) in [5, 5.41) is 4.96. The van der Waals surface area contributed by atoms with Crippen LogP contribution in [0.5, 0.6) is 0 Å². The van der Waals surface area contributed by atoms with Gasteiger partial charge >= 0.3 is 0 Å². The minimum Gasteiger partial charge on any atom is -0.360 e. The summed E-state index contributed by atoms with van der Waals surface area (Å²) < 4.78 is 4.22. The van der Waals surface area contributed by atoms with Gasteiger partial charge in [-0.05, 0) is 12.7 Å². The van der Waals surface area contributed by atoms with Crippen molar-refractivity contribution in [3.05, 3.63) is 5.82 Å². The average Bonchev–Trinajstić information content (AvgIpc) is 2.65. The van der Waals surface area contributed by atoms with E-state index in [1.807, 2.05) is 11.8 Å². The van der Waals surface area contributed by atoms with Crippen LogP contribution in [0.2, 0.25) is 0 Å². The van der Waals surface area contributed by atoms with E-state index in [0.29, 0.717) is 5.25 Å². The van der Waals surface area contributed by atoms with Gasteiger partial charge in [0.1, 0.15) is 5.82 Å². The van der Waals surface area contributed by atoms with Crippen molar-refractivity contribution in [2.75, 3.05) is 18.1 Å². The molecule has 1 rings (SSSR count). The Labute approximate surface area is 93.9 Å². The van der Waals surface area contributed by atoms with E-state index in [9.17, 15) is 0 Å². The fourth-order valence-electron chi connectivity index (χ4n) is 0.970. The second-order valence-corrected chi connectivity index (χ2v) is 5.16. The van der Waals surface area contributed by atoms with Gasteiger partial charge < -0.3 is 5.32 Å². The number of nitrogens with zero attached hydrogens (tertiary/aromatic N) is 2. The highest BCUT2D eigenvalue weighted by Gasteiger charge is 2.02. The number of hydrogen-bond donors (Lipinski definition) is 1. The third-order valence-electron chi connectivity index (χ3n) is 2.01. The zero-order chi connectivity index (χ0) is 10.4. The van der Waals surface area contributed by atoms with E-state index in [1.165, 1.54) is 18.0 Å². The molecule has 0 saturated heterocycles. The number of aromatic nitrogens is 2. The van der Waals surface area contributed by atoms with E-state index in [-0.39, 0.29) is 0 Å². The lowest BCUT2D eigenvalue weighted by Gasteiger charge is -2.07. The summed E-state index contributed by atoms with van der Waals surface area (Å²) in [5.41, 5.74) is 0. The normalized spacial score (nSPS) is 12.8. The zero-order valence-corrected chi connectivity index (χ0v) is 10.5. The summed E-state index contributed by atoms with van der Waals surface area (Å²) in [4.78, 5) is 4.34. The van der Waals surface area contributed by atoms with Crippen molar-refractivity contribution in [2.24, 2.45) is 0 Å². The fourth-order valence-corrected chi connectivity index (χ4v) is 2.00. The van der Waals surface area contributed by atoms with Crippen LogP contribution < -0.4 is 5.32 Å². The van der Waals surface area contributed by atoms with E-state index in [2.05, 4.69) is 34.8 Å². The van der Waals surface area contributed by atoms with Crippen molar-refractivity contribution >= 4 is 28.4 Å². The highest BCUT2D eigenvalue weighted by Crippen LogP contribution is 2.13. The Morgan fingerprint density at radius 3 is 2.93 bits per heavy atom. The summed E-state index contributed by atoms with van der Waals surface area (Å²) in [6.07, 6.45) is 4.23. The number of anilines is 1. The van der Waals surface area contributed by atoms with Crippen LogP contribution in [-0.4, -0.2) is 27.4 Å². The van der Waals surface area contributed by atoms with Gasteiger partial charge in [-0.25, -0.2) is 4.98 Å². The van der Waals surface area contributed by atoms with Gasteiger partial charge in [0, 0.05) is 29.7 Å². The Kier molecular flexibility index (Phi) is 5.25. The molecule has 0 aliphatic heterocycles. The van der Waals surface area contributed by atoms with Crippen molar-refractivity contribution in [1.29, 1.82) is 0 Å². The van der Waals surface area contributed by atoms with Crippen LogP contribution in [0.1, 0.15) is 26.1 Å². The third kappa shape index (κ3) is 3.84. The predicted molar refractivity (Wildman–Crippen MR) is 65.4 cm³/mol. The molecule has 0 amide bonds. The second-order valence-electron chi connectivity index (χ2n) is 3.13. The van der Waals surface area contributed by atoms with Crippen LogP contribution in [0.25, 0.3) is 0 Å². The molecule has 0 fully saturated rings. The molecule has 0 radical (unpaired) electrons. The summed E-state index contributed by atoms with van der Waals surface area (Å²) in [5.74, 6) is 0.940. The molecule has 5 heteroatoms. The minimum absolute atomic E-state index is 0.709. The van der Waals surface area contributed by atoms with Gasteiger partial charge in [-0.15, -0.1) is 0 Å². The molecule has 0 spiro atoms. The first-order chi connectivity index (χ1) is 6.76. The molecule has 0 saturated carbocycles. The number of rotatable bonds is 6. The topological polar surface area (TPSA) is 37.8 Å². The van der Waals surface area contributed by atoms with Gasteiger partial charge in [0.2, 0.25) is 5.13 Å². The molecule has 1 heterocycles. The van der Waals surface area contributed by atoms with Crippen LogP contribution in [0, 0.1) is 0 Å². The van der Waals surface area contributed by atoms with E-state index in [4.69, 9.17) is 0 Å². The first kappa shape index (κ1) is 11.8. The molecule has 0 aliphatic carbocycles. The average molecular weight is 231 g/mol. The van der Waals surface area contributed by atoms with Gasteiger partial charge in [-0.1, -0.05) is 13.8 Å². The number of hydrogen-bond acceptors (Lipinski definition) is 5. The molecule has 1 aromatic rings. The molecule has 1 aromatic heterocycles. The Balaban J connectivity index is 2.24. The Bertz CT molecular complexity index is 262. The largest absolute Gasteiger partial charge is 0.360 e. The van der Waals surface area contributed by atoms with Crippen molar-refractivity contribution in [2.45, 2.75) is 31.9 Å². The maximum Gasteiger partial charge on any atom is 0.202 e. The lowest BCUT2D eigenvalue weighted by atomic mass is 10.3. The van der Waals surface area contributed by atoms with Crippen LogP contribution in [0.3, 0.4) is 0 Å². The third-order valence-corrected chi connectivity index (χ3v) is 3.76. The molecule has 3 nitrogen and oxygen atoms in total. The molecular weight excluding hydrogens is 214 g/mol. The molecule has 80 valence electrons. The maximum atomic E-state index is 4.34. The molecule has 1 unspecified atom stereocenters. The van der Waals surface area contributed by atoms with E-state index in [1.54, 1.807) is 0 Å². The van der Waals surface area contributed by atoms with Crippen LogP contribution >= 0.6 is 23.3 Å². The first-order valence-electron chi connectivity index (χ1n) is 4.85. The SMILES string of the molecule is CCc1nsc(NCCC(C)SC)n1. The van der Waals surface area contributed by atoms with E-state index < -0.39 is 0 Å². The Morgan fingerprint density at radius 1 is 1.57 bits per heavy atom. The van der Waals surface area contributed by atoms with Gasteiger partial charge in [0.25, 0.3) is 0 Å². The fraction of sp³-hybridized carbons (Fsp3) is 0.778. The quantitative estimate of drug-likeness (QED) is 0.817. The van der Waals surface area contributed by atoms with Crippen LogP contribution in [0.4, 0.5) is 5.13 Å². The second kappa shape index (κ2) is 6.24. The molecule has 1 N–H and O–H groups in total. The van der Waals surface area contributed by atoms with Crippen molar-refractivity contribution in [3.8, 4) is 0 Å². The summed E-state index contributed by atoms with van der Waals surface area (Å²) in [7, 11) is 0. The Hall–Kier alpha value is -0.290. The lowest BCUT2D eigenvalue weighted by Crippen LogP contribution is -2.07. The predicted octanol–water partition coefficient (Wildman–Crippen LogP) is 2.65.